The van der Waals surface area contributed by atoms with E-state index in [1.165, 1.54) is 17.2 Å². The van der Waals surface area contributed by atoms with E-state index >= 15 is 0 Å². The summed E-state index contributed by atoms with van der Waals surface area (Å²) in [6.45, 7) is 0.711. The van der Waals surface area contributed by atoms with E-state index in [1.807, 2.05) is 30.3 Å². The molecule has 2 aromatic heterocycles. The predicted molar refractivity (Wildman–Crippen MR) is 110 cm³/mol. The molecule has 0 spiro atoms. The maximum absolute atomic E-state index is 10.7. The number of thiol groups is 1. The van der Waals surface area contributed by atoms with Crippen molar-refractivity contribution in [3.05, 3.63) is 43.0 Å². The number of benzene rings is 1. The van der Waals surface area contributed by atoms with Crippen LogP contribution in [0.4, 0.5) is 5.82 Å². The van der Waals surface area contributed by atoms with Crippen LogP contribution in [0.1, 0.15) is 6.23 Å². The molecule has 166 valence electrons. The minimum Gasteiger partial charge on any atom is -0.492 e. The van der Waals surface area contributed by atoms with E-state index in [4.69, 9.17) is 9.47 Å². The molecular formula is C18H22N6O6S. The highest BCUT2D eigenvalue weighted by Crippen LogP contribution is 2.32. The number of hydrogen-bond acceptors (Lipinski definition) is 10. The number of fused-ring (bicyclic) bond motifs is 1. The molecule has 0 amide bonds. The highest BCUT2D eigenvalue weighted by molar-refractivity contribution is 7.70. The summed E-state index contributed by atoms with van der Waals surface area (Å²) in [4.78, 5) is 12.7. The third-order valence-electron chi connectivity index (χ3n) is 4.80. The van der Waals surface area contributed by atoms with E-state index in [0.29, 0.717) is 30.1 Å². The molecule has 0 saturated carbocycles. The number of para-hydroxylation sites is 1. The van der Waals surface area contributed by atoms with Crippen molar-refractivity contribution in [1.29, 1.82) is 0 Å². The summed E-state index contributed by atoms with van der Waals surface area (Å²) in [7, 11) is -2.85. The highest BCUT2D eigenvalue weighted by Gasteiger charge is 2.44. The van der Waals surface area contributed by atoms with Crippen LogP contribution in [0.25, 0.3) is 11.2 Å². The molecule has 1 aliphatic heterocycles. The van der Waals surface area contributed by atoms with Crippen LogP contribution < -0.4 is 14.8 Å². The number of aliphatic hydroxyl groups is 2. The summed E-state index contributed by atoms with van der Waals surface area (Å²) < 4.78 is 36.4. The number of anilines is 1. The number of ether oxygens (including phenoxy) is 2. The Morgan fingerprint density at radius 1 is 1.13 bits per heavy atom. The fourth-order valence-electron chi connectivity index (χ4n) is 3.31. The average molecular weight is 450 g/mol. The quantitative estimate of drug-likeness (QED) is 0.203. The van der Waals surface area contributed by atoms with Gasteiger partial charge in [0.25, 0.3) is 0 Å². The molecule has 31 heavy (non-hydrogen) atoms. The number of nitrogens with zero attached hydrogens (tertiary/aromatic N) is 4. The first-order valence-corrected chi connectivity index (χ1v) is 10.7. The third-order valence-corrected chi connectivity index (χ3v) is 5.24. The van der Waals surface area contributed by atoms with Gasteiger partial charge in [0, 0.05) is 6.54 Å². The Morgan fingerprint density at radius 2 is 1.94 bits per heavy atom. The van der Waals surface area contributed by atoms with Gasteiger partial charge in [-0.1, -0.05) is 18.2 Å². The lowest BCUT2D eigenvalue weighted by Gasteiger charge is -2.16. The van der Waals surface area contributed by atoms with Gasteiger partial charge >= 0.3 is 0 Å². The number of aromatic nitrogens is 4. The highest BCUT2D eigenvalue weighted by atomic mass is 32.2. The third kappa shape index (κ3) is 4.75. The Bertz CT molecular complexity index is 1090. The second-order valence-corrected chi connectivity index (χ2v) is 7.63. The normalized spacial score (nSPS) is 23.5. The monoisotopic (exact) mass is 450 g/mol. The van der Waals surface area contributed by atoms with Crippen molar-refractivity contribution in [3.8, 4) is 5.75 Å². The number of nitrogens with one attached hydrogen (secondary N) is 2. The Labute approximate surface area is 179 Å². The molecule has 4 rings (SSSR count). The second-order valence-electron chi connectivity index (χ2n) is 6.80. The lowest BCUT2D eigenvalue weighted by Crippen LogP contribution is -2.37. The van der Waals surface area contributed by atoms with Gasteiger partial charge in [0.2, 0.25) is 10.9 Å². The molecule has 1 saturated heterocycles. The van der Waals surface area contributed by atoms with Gasteiger partial charge in [-0.25, -0.2) is 28.1 Å². The number of hydrogen-bond donors (Lipinski definition) is 5. The standard InChI is InChI=1S/C18H22N6O6S/c25-14-12(8-23-31(27)28)30-18(15(14)26)24-10-22-13-16(20-9-21-17(13)24)19-6-7-29-11-4-2-1-3-5-11/h1-5,9-10,12,14-15,18,25-26,31H,6-8H2,(H,19,20,21)(H,23,27,28)/t12-,14-,15-,18-/m1/s1. The lowest BCUT2D eigenvalue weighted by atomic mass is 10.1. The van der Waals surface area contributed by atoms with Crippen LogP contribution >= 0.6 is 0 Å². The van der Waals surface area contributed by atoms with Gasteiger partial charge in [0.05, 0.1) is 12.9 Å². The van der Waals surface area contributed by atoms with Crippen LogP contribution in [0, 0.1) is 0 Å². The van der Waals surface area contributed by atoms with Crippen LogP contribution in [-0.4, -0.2) is 76.2 Å². The van der Waals surface area contributed by atoms with Crippen molar-refractivity contribution in [1.82, 2.24) is 24.2 Å². The summed E-state index contributed by atoms with van der Waals surface area (Å²) >= 11 is 0. The van der Waals surface area contributed by atoms with E-state index in [-0.39, 0.29) is 6.54 Å². The SMILES string of the molecule is O=[SH](=O)NC[C@H]1O[C@@H](n2cnc3c(NCCOc4ccccc4)ncnc32)[C@H](O)[C@@H]1O. The number of rotatable bonds is 9. The number of aliphatic hydroxyl groups excluding tert-OH is 2. The maximum Gasteiger partial charge on any atom is 0.201 e. The van der Waals surface area contributed by atoms with Crippen molar-refractivity contribution in [3.63, 3.8) is 0 Å². The Morgan fingerprint density at radius 3 is 2.71 bits per heavy atom. The molecule has 4 N–H and O–H groups in total. The van der Waals surface area contributed by atoms with Gasteiger partial charge < -0.3 is 25.0 Å². The first kappa shape index (κ1) is 21.4. The van der Waals surface area contributed by atoms with Gasteiger partial charge in [-0.15, -0.1) is 0 Å². The zero-order valence-electron chi connectivity index (χ0n) is 16.2. The topological polar surface area (TPSA) is 161 Å². The molecular weight excluding hydrogens is 428 g/mol. The van der Waals surface area contributed by atoms with Crippen LogP contribution in [0.2, 0.25) is 0 Å². The van der Waals surface area contributed by atoms with Crippen LogP contribution in [0.5, 0.6) is 5.75 Å². The molecule has 0 unspecified atom stereocenters. The molecule has 3 aromatic rings. The van der Waals surface area contributed by atoms with Crippen LogP contribution in [0.15, 0.2) is 43.0 Å². The molecule has 13 heteroatoms. The van der Waals surface area contributed by atoms with Crippen LogP contribution in [-0.2, 0) is 15.6 Å². The van der Waals surface area contributed by atoms with E-state index in [1.54, 1.807) is 0 Å². The predicted octanol–water partition coefficient (Wildman–Crippen LogP) is -0.948. The zero-order chi connectivity index (χ0) is 21.8. The molecule has 0 bridgehead atoms. The van der Waals surface area contributed by atoms with E-state index in [0.717, 1.165) is 5.75 Å². The van der Waals surface area contributed by atoms with Crippen molar-refractivity contribution >= 4 is 27.9 Å². The Hall–Kier alpha value is -2.84. The Balaban J connectivity index is 1.44. The maximum atomic E-state index is 10.7. The second kappa shape index (κ2) is 9.53. The van der Waals surface area contributed by atoms with Gasteiger partial charge in [0.1, 0.15) is 37.0 Å². The lowest BCUT2D eigenvalue weighted by molar-refractivity contribution is -0.0329. The first-order valence-electron chi connectivity index (χ1n) is 9.53. The molecule has 12 nitrogen and oxygen atoms in total. The molecule has 4 atom stereocenters. The molecule has 0 aliphatic carbocycles. The molecule has 1 aromatic carbocycles. The van der Waals surface area contributed by atoms with Crippen molar-refractivity contribution in [2.24, 2.45) is 0 Å². The molecule has 1 aliphatic rings. The summed E-state index contributed by atoms with van der Waals surface area (Å²) in [5, 5.41) is 23.7. The summed E-state index contributed by atoms with van der Waals surface area (Å²) in [5.41, 5.74) is 0.845. The van der Waals surface area contributed by atoms with E-state index in [9.17, 15) is 18.6 Å². The summed E-state index contributed by atoms with van der Waals surface area (Å²) in [6.07, 6.45) is -1.70. The molecule has 0 radical (unpaired) electrons. The largest absolute Gasteiger partial charge is 0.492 e. The fraction of sp³-hybridized carbons (Fsp3) is 0.389. The molecule has 3 heterocycles. The van der Waals surface area contributed by atoms with Crippen molar-refractivity contribution in [2.45, 2.75) is 24.5 Å². The summed E-state index contributed by atoms with van der Waals surface area (Å²) in [5.74, 6) is 1.24. The van der Waals surface area contributed by atoms with Gasteiger partial charge in [-0.05, 0) is 12.1 Å². The molecule has 1 fully saturated rings. The van der Waals surface area contributed by atoms with Gasteiger partial charge in [-0.2, -0.15) is 0 Å². The zero-order valence-corrected chi connectivity index (χ0v) is 17.1. The van der Waals surface area contributed by atoms with Crippen molar-refractivity contribution in [2.75, 3.05) is 25.0 Å². The van der Waals surface area contributed by atoms with E-state index < -0.39 is 35.4 Å². The number of imidazole rings is 1. The smallest absolute Gasteiger partial charge is 0.201 e. The minimum absolute atomic E-state index is 0.163. The van der Waals surface area contributed by atoms with Gasteiger partial charge in [-0.3, -0.25) is 4.57 Å². The van der Waals surface area contributed by atoms with Crippen LogP contribution in [0.3, 0.4) is 0 Å². The van der Waals surface area contributed by atoms with E-state index in [2.05, 4.69) is 25.0 Å². The fourth-order valence-corrected chi connectivity index (χ4v) is 3.64. The summed E-state index contributed by atoms with van der Waals surface area (Å²) in [6, 6.07) is 9.42. The minimum atomic E-state index is -2.85. The first-order chi connectivity index (χ1) is 15.0. The average Bonchev–Trinajstić information content (AvgIpc) is 3.32. The van der Waals surface area contributed by atoms with Gasteiger partial charge in [0.15, 0.2) is 23.2 Å². The Kier molecular flexibility index (Phi) is 6.58. The van der Waals surface area contributed by atoms with Crippen molar-refractivity contribution < 1.29 is 28.1 Å².